The van der Waals surface area contributed by atoms with E-state index in [4.69, 9.17) is 4.74 Å². The number of allylic oxidation sites excluding steroid dienone is 1. The smallest absolute Gasteiger partial charge is 0.133 e. The van der Waals surface area contributed by atoms with Crippen molar-refractivity contribution < 1.29 is 9.84 Å². The summed E-state index contributed by atoms with van der Waals surface area (Å²) in [6, 6.07) is 7.86. The first-order valence-electron chi connectivity index (χ1n) is 8.25. The standard InChI is InChI=1S/C20H25BrO2/c1-3-4-8-15(2)9-7-10-16-13-17(14-19(16)22)23-20-12-6-5-11-18(20)21/h5-7,10-12,15-17,19,22H,8-9,13-14H2,1-2H3/b10-7+/t15?,16?,17-,19-/m1/s1. The Morgan fingerprint density at radius 3 is 2.91 bits per heavy atom. The summed E-state index contributed by atoms with van der Waals surface area (Å²) in [5.74, 6) is 7.65. The highest BCUT2D eigenvalue weighted by atomic mass is 79.9. The zero-order chi connectivity index (χ0) is 16.7. The van der Waals surface area contributed by atoms with Gasteiger partial charge in [-0.2, -0.15) is 0 Å². The molecule has 1 aromatic carbocycles. The molecule has 2 unspecified atom stereocenters. The Hall–Kier alpha value is -1.24. The molecule has 1 aliphatic rings. The lowest BCUT2D eigenvalue weighted by molar-refractivity contribution is 0.136. The molecule has 1 N–H and O–H groups in total. The second-order valence-corrected chi connectivity index (χ2v) is 7.13. The number of hydrogen-bond acceptors (Lipinski definition) is 2. The van der Waals surface area contributed by atoms with Gasteiger partial charge in [0.1, 0.15) is 11.9 Å². The van der Waals surface area contributed by atoms with E-state index in [9.17, 15) is 5.11 Å². The molecular weight excluding hydrogens is 352 g/mol. The van der Waals surface area contributed by atoms with Gasteiger partial charge in [-0.1, -0.05) is 31.2 Å². The van der Waals surface area contributed by atoms with Crippen LogP contribution in [0.1, 0.15) is 39.5 Å². The molecule has 0 aromatic heterocycles. The lowest BCUT2D eigenvalue weighted by atomic mass is 10.0. The van der Waals surface area contributed by atoms with E-state index in [2.05, 4.69) is 46.8 Å². The molecule has 0 saturated heterocycles. The summed E-state index contributed by atoms with van der Waals surface area (Å²) in [6.45, 7) is 4.08. The number of aliphatic hydroxyl groups is 1. The van der Waals surface area contributed by atoms with E-state index in [1.54, 1.807) is 0 Å². The molecule has 0 heterocycles. The Morgan fingerprint density at radius 1 is 1.39 bits per heavy atom. The summed E-state index contributed by atoms with van der Waals surface area (Å²) >= 11 is 3.50. The number of para-hydroxylation sites is 1. The van der Waals surface area contributed by atoms with Crippen LogP contribution in [0.5, 0.6) is 5.75 Å². The average Bonchev–Trinajstić information content (AvgIpc) is 2.87. The van der Waals surface area contributed by atoms with Crippen molar-refractivity contribution in [3.05, 3.63) is 40.9 Å². The third-order valence-corrected chi connectivity index (χ3v) is 4.87. The van der Waals surface area contributed by atoms with Crippen LogP contribution in [0.4, 0.5) is 0 Å². The number of hydrogen-bond donors (Lipinski definition) is 1. The Balaban J connectivity index is 1.83. The van der Waals surface area contributed by atoms with Crippen molar-refractivity contribution in [3.8, 4) is 17.6 Å². The minimum atomic E-state index is -0.315. The first-order chi connectivity index (χ1) is 11.1. The van der Waals surface area contributed by atoms with Crippen molar-refractivity contribution in [3.63, 3.8) is 0 Å². The van der Waals surface area contributed by atoms with Crippen LogP contribution < -0.4 is 4.74 Å². The summed E-state index contributed by atoms with van der Waals surface area (Å²) in [6.07, 6.45) is 7.59. The molecule has 2 rings (SSSR count). The fourth-order valence-electron chi connectivity index (χ4n) is 2.87. The Labute approximate surface area is 148 Å². The molecule has 1 saturated carbocycles. The van der Waals surface area contributed by atoms with Crippen LogP contribution in [-0.2, 0) is 0 Å². The zero-order valence-electron chi connectivity index (χ0n) is 13.8. The normalized spacial score (nSPS) is 25.1. The Morgan fingerprint density at radius 2 is 2.17 bits per heavy atom. The second-order valence-electron chi connectivity index (χ2n) is 6.27. The summed E-state index contributed by atoms with van der Waals surface area (Å²) in [7, 11) is 0. The van der Waals surface area contributed by atoms with Gasteiger partial charge in [0, 0.05) is 18.8 Å². The maximum absolute atomic E-state index is 10.2. The molecule has 1 fully saturated rings. The van der Waals surface area contributed by atoms with E-state index in [-0.39, 0.29) is 18.1 Å². The minimum Gasteiger partial charge on any atom is -0.489 e. The third-order valence-electron chi connectivity index (χ3n) is 4.21. The molecule has 0 aliphatic heterocycles. The van der Waals surface area contributed by atoms with Crippen LogP contribution in [0.2, 0.25) is 0 Å². The van der Waals surface area contributed by atoms with E-state index < -0.39 is 0 Å². The molecule has 0 amide bonds. The van der Waals surface area contributed by atoms with Gasteiger partial charge in [-0.05, 0) is 53.7 Å². The van der Waals surface area contributed by atoms with Crippen molar-refractivity contribution in [1.82, 2.24) is 0 Å². The summed E-state index contributed by atoms with van der Waals surface area (Å²) in [4.78, 5) is 0. The number of aliphatic hydroxyl groups excluding tert-OH is 1. The van der Waals surface area contributed by atoms with Gasteiger partial charge in [0.25, 0.3) is 0 Å². The van der Waals surface area contributed by atoms with E-state index in [0.29, 0.717) is 12.3 Å². The lowest BCUT2D eigenvalue weighted by Crippen LogP contribution is -2.13. The van der Waals surface area contributed by atoms with Crippen molar-refractivity contribution in [2.45, 2.75) is 51.7 Å². The van der Waals surface area contributed by atoms with Gasteiger partial charge in [-0.3, -0.25) is 0 Å². The van der Waals surface area contributed by atoms with Crippen LogP contribution in [-0.4, -0.2) is 17.3 Å². The number of halogens is 1. The van der Waals surface area contributed by atoms with Gasteiger partial charge < -0.3 is 9.84 Å². The highest BCUT2D eigenvalue weighted by Gasteiger charge is 2.32. The van der Waals surface area contributed by atoms with Crippen LogP contribution in [0, 0.1) is 23.7 Å². The van der Waals surface area contributed by atoms with E-state index in [1.165, 1.54) is 0 Å². The van der Waals surface area contributed by atoms with Crippen LogP contribution >= 0.6 is 15.9 Å². The highest BCUT2D eigenvalue weighted by molar-refractivity contribution is 9.10. The fourth-order valence-corrected chi connectivity index (χ4v) is 3.25. The molecule has 0 bridgehead atoms. The average molecular weight is 377 g/mol. The topological polar surface area (TPSA) is 29.5 Å². The maximum Gasteiger partial charge on any atom is 0.133 e. The largest absolute Gasteiger partial charge is 0.489 e. The SMILES string of the molecule is CC#CCC(C)C/C=C/C1C[C@@H](Oc2ccccc2Br)C[C@H]1O. The van der Waals surface area contributed by atoms with Gasteiger partial charge in [0.2, 0.25) is 0 Å². The predicted octanol–water partition coefficient (Wildman–Crippen LogP) is 4.96. The highest BCUT2D eigenvalue weighted by Crippen LogP contribution is 2.33. The Kier molecular flexibility index (Phi) is 7.20. The molecule has 23 heavy (non-hydrogen) atoms. The van der Waals surface area contributed by atoms with E-state index >= 15 is 0 Å². The molecule has 1 aromatic rings. The molecular formula is C20H25BrO2. The van der Waals surface area contributed by atoms with E-state index in [0.717, 1.165) is 29.5 Å². The monoisotopic (exact) mass is 376 g/mol. The van der Waals surface area contributed by atoms with Crippen LogP contribution in [0.25, 0.3) is 0 Å². The summed E-state index contributed by atoms with van der Waals surface area (Å²) in [5.41, 5.74) is 0. The molecule has 0 spiro atoms. The van der Waals surface area contributed by atoms with E-state index in [1.807, 2.05) is 31.2 Å². The predicted molar refractivity (Wildman–Crippen MR) is 98.3 cm³/mol. The fraction of sp³-hybridized carbons (Fsp3) is 0.500. The molecule has 0 radical (unpaired) electrons. The molecule has 4 atom stereocenters. The first kappa shape index (κ1) is 18.1. The van der Waals surface area contributed by atoms with Gasteiger partial charge in [-0.15, -0.1) is 11.8 Å². The van der Waals surface area contributed by atoms with Crippen molar-refractivity contribution >= 4 is 15.9 Å². The molecule has 1 aliphatic carbocycles. The van der Waals surface area contributed by atoms with Crippen molar-refractivity contribution in [2.75, 3.05) is 0 Å². The summed E-state index contributed by atoms with van der Waals surface area (Å²) in [5, 5.41) is 10.2. The van der Waals surface area contributed by atoms with Crippen molar-refractivity contribution in [1.29, 1.82) is 0 Å². The Bertz CT molecular complexity index is 585. The van der Waals surface area contributed by atoms with Gasteiger partial charge in [-0.25, -0.2) is 0 Å². The van der Waals surface area contributed by atoms with Gasteiger partial charge >= 0.3 is 0 Å². The third kappa shape index (κ3) is 5.71. The number of benzene rings is 1. The lowest BCUT2D eigenvalue weighted by Gasteiger charge is -2.14. The number of rotatable bonds is 6. The molecule has 3 heteroatoms. The quantitative estimate of drug-likeness (QED) is 0.561. The minimum absolute atomic E-state index is 0.0710. The van der Waals surface area contributed by atoms with Crippen LogP contribution in [0.15, 0.2) is 40.9 Å². The van der Waals surface area contributed by atoms with Gasteiger partial charge in [0.15, 0.2) is 0 Å². The van der Waals surface area contributed by atoms with Crippen LogP contribution in [0.3, 0.4) is 0 Å². The molecule has 124 valence electrons. The van der Waals surface area contributed by atoms with Crippen molar-refractivity contribution in [2.24, 2.45) is 11.8 Å². The number of ether oxygens (including phenoxy) is 1. The maximum atomic E-state index is 10.2. The second kappa shape index (κ2) is 9.15. The first-order valence-corrected chi connectivity index (χ1v) is 9.05. The zero-order valence-corrected chi connectivity index (χ0v) is 15.4. The van der Waals surface area contributed by atoms with Gasteiger partial charge in [0.05, 0.1) is 10.6 Å². The molecule has 2 nitrogen and oxygen atoms in total. The summed E-state index contributed by atoms with van der Waals surface area (Å²) < 4.78 is 6.99.